The minimum absolute atomic E-state index is 0.0345. The first kappa shape index (κ1) is 16.9. The van der Waals surface area contributed by atoms with E-state index in [0.29, 0.717) is 17.5 Å². The van der Waals surface area contributed by atoms with Crippen LogP contribution >= 0.6 is 0 Å². The maximum atomic E-state index is 12.5. The number of aromatic amines is 1. The van der Waals surface area contributed by atoms with Gasteiger partial charge in [0.05, 0.1) is 18.2 Å². The molecule has 1 amide bonds. The monoisotopic (exact) mass is 378 g/mol. The van der Waals surface area contributed by atoms with E-state index in [2.05, 4.69) is 29.9 Å². The number of nitrogens with zero attached hydrogens (tertiary/aromatic N) is 7. The van der Waals surface area contributed by atoms with E-state index < -0.39 is 0 Å². The van der Waals surface area contributed by atoms with Crippen molar-refractivity contribution in [1.29, 1.82) is 0 Å². The van der Waals surface area contributed by atoms with Gasteiger partial charge in [-0.1, -0.05) is 0 Å². The zero-order valence-corrected chi connectivity index (χ0v) is 15.9. The molecule has 9 heteroatoms. The molecule has 0 radical (unpaired) electrons. The van der Waals surface area contributed by atoms with Gasteiger partial charge in [-0.25, -0.2) is 19.6 Å². The SMILES string of the molecule is Cc1cc(C)n(-c2cc(N3CC4CN(C(=O)c5cnc[nH]5)CC4C3)ncn2)n1. The summed E-state index contributed by atoms with van der Waals surface area (Å²) in [6.45, 7) is 7.33. The molecule has 2 aliphatic rings. The number of carbonyl (C=O) groups is 1. The molecule has 2 unspecified atom stereocenters. The van der Waals surface area contributed by atoms with Crippen molar-refractivity contribution in [2.75, 3.05) is 31.1 Å². The molecule has 3 aromatic heterocycles. The summed E-state index contributed by atoms with van der Waals surface area (Å²) in [5.74, 6) is 2.65. The predicted octanol–water partition coefficient (Wildman–Crippen LogP) is 1.21. The van der Waals surface area contributed by atoms with Crippen molar-refractivity contribution in [3.63, 3.8) is 0 Å². The summed E-state index contributed by atoms with van der Waals surface area (Å²) in [6, 6.07) is 4.03. The van der Waals surface area contributed by atoms with Gasteiger partial charge in [0.2, 0.25) is 0 Å². The van der Waals surface area contributed by atoms with Gasteiger partial charge >= 0.3 is 0 Å². The number of hydrogen-bond donors (Lipinski definition) is 1. The van der Waals surface area contributed by atoms with Crippen LogP contribution in [-0.4, -0.2) is 66.7 Å². The average molecular weight is 378 g/mol. The Balaban J connectivity index is 1.30. The Hall–Kier alpha value is -3.23. The fraction of sp³-hybridized carbons (Fsp3) is 0.421. The van der Waals surface area contributed by atoms with Crippen molar-refractivity contribution in [3.8, 4) is 5.82 Å². The normalized spacial score (nSPS) is 21.4. The molecule has 5 heterocycles. The first-order chi connectivity index (χ1) is 13.6. The largest absolute Gasteiger partial charge is 0.356 e. The fourth-order valence-electron chi connectivity index (χ4n) is 4.38. The Morgan fingerprint density at radius 1 is 1.07 bits per heavy atom. The molecule has 5 rings (SSSR count). The Labute approximate surface area is 162 Å². The molecular formula is C19H22N8O. The Morgan fingerprint density at radius 2 is 1.82 bits per heavy atom. The Morgan fingerprint density at radius 3 is 2.46 bits per heavy atom. The van der Waals surface area contributed by atoms with Crippen molar-refractivity contribution < 1.29 is 4.79 Å². The van der Waals surface area contributed by atoms with Gasteiger partial charge < -0.3 is 14.8 Å². The smallest absolute Gasteiger partial charge is 0.271 e. The quantitative estimate of drug-likeness (QED) is 0.736. The molecule has 3 aromatic rings. The highest BCUT2D eigenvalue weighted by Crippen LogP contribution is 2.34. The summed E-state index contributed by atoms with van der Waals surface area (Å²) in [5.41, 5.74) is 2.57. The van der Waals surface area contributed by atoms with Crippen molar-refractivity contribution in [2.24, 2.45) is 11.8 Å². The molecule has 2 atom stereocenters. The number of H-pyrrole nitrogens is 1. The number of amides is 1. The number of fused-ring (bicyclic) bond motifs is 1. The topological polar surface area (TPSA) is 95.8 Å². The van der Waals surface area contributed by atoms with Crippen molar-refractivity contribution in [3.05, 3.63) is 48.1 Å². The fourth-order valence-corrected chi connectivity index (χ4v) is 4.38. The predicted molar refractivity (Wildman–Crippen MR) is 102 cm³/mol. The summed E-state index contributed by atoms with van der Waals surface area (Å²) >= 11 is 0. The summed E-state index contributed by atoms with van der Waals surface area (Å²) in [7, 11) is 0. The van der Waals surface area contributed by atoms with Gasteiger partial charge in [-0.3, -0.25) is 4.79 Å². The lowest BCUT2D eigenvalue weighted by Gasteiger charge is -2.22. The molecule has 144 valence electrons. The van der Waals surface area contributed by atoms with Crippen LogP contribution in [0.3, 0.4) is 0 Å². The molecule has 28 heavy (non-hydrogen) atoms. The van der Waals surface area contributed by atoms with Gasteiger partial charge in [-0.15, -0.1) is 0 Å². The van der Waals surface area contributed by atoms with Crippen LogP contribution < -0.4 is 4.90 Å². The molecule has 2 saturated heterocycles. The number of likely N-dealkylation sites (tertiary alicyclic amines) is 1. The lowest BCUT2D eigenvalue weighted by Crippen LogP contribution is -2.33. The highest BCUT2D eigenvalue weighted by molar-refractivity contribution is 5.92. The van der Waals surface area contributed by atoms with Crippen LogP contribution in [0.2, 0.25) is 0 Å². The van der Waals surface area contributed by atoms with E-state index in [-0.39, 0.29) is 5.91 Å². The van der Waals surface area contributed by atoms with Crippen LogP contribution in [0.25, 0.3) is 5.82 Å². The highest BCUT2D eigenvalue weighted by atomic mass is 16.2. The second-order valence-corrected chi connectivity index (χ2v) is 7.67. The maximum Gasteiger partial charge on any atom is 0.271 e. The molecule has 1 N–H and O–H groups in total. The second kappa shape index (κ2) is 6.43. The minimum Gasteiger partial charge on any atom is -0.356 e. The van der Waals surface area contributed by atoms with E-state index >= 15 is 0 Å². The van der Waals surface area contributed by atoms with Gasteiger partial charge in [0.15, 0.2) is 5.82 Å². The summed E-state index contributed by atoms with van der Waals surface area (Å²) < 4.78 is 1.85. The highest BCUT2D eigenvalue weighted by Gasteiger charge is 2.42. The van der Waals surface area contributed by atoms with Crippen LogP contribution in [0, 0.1) is 25.7 Å². The van der Waals surface area contributed by atoms with Gasteiger partial charge in [-0.2, -0.15) is 5.10 Å². The third-order valence-corrected chi connectivity index (χ3v) is 5.69. The molecular weight excluding hydrogens is 356 g/mol. The van der Waals surface area contributed by atoms with Crippen LogP contribution in [0.4, 0.5) is 5.82 Å². The van der Waals surface area contributed by atoms with Gasteiger partial charge in [0, 0.05) is 49.8 Å². The average Bonchev–Trinajstić information content (AvgIpc) is 3.45. The molecule has 0 aromatic carbocycles. The number of anilines is 1. The van der Waals surface area contributed by atoms with E-state index in [4.69, 9.17) is 0 Å². The number of carbonyl (C=O) groups excluding carboxylic acids is 1. The van der Waals surface area contributed by atoms with E-state index in [0.717, 1.165) is 49.2 Å². The standard InChI is InChI=1S/C19H22N8O/c1-12-3-13(2)27(24-12)18-4-17(22-11-23-18)25-6-14-8-26(9-15(14)7-25)19(28)16-5-20-10-21-16/h3-5,10-11,14-15H,6-9H2,1-2H3,(H,20,21). The molecule has 0 spiro atoms. The van der Waals surface area contributed by atoms with E-state index in [1.807, 2.05) is 35.6 Å². The molecule has 0 saturated carbocycles. The molecule has 0 aliphatic carbocycles. The zero-order chi connectivity index (χ0) is 19.3. The van der Waals surface area contributed by atoms with Gasteiger partial charge in [-0.05, 0) is 19.9 Å². The first-order valence-corrected chi connectivity index (χ1v) is 9.47. The number of aryl methyl sites for hydroxylation is 2. The number of aromatic nitrogens is 6. The molecule has 0 bridgehead atoms. The lowest BCUT2D eigenvalue weighted by molar-refractivity contribution is 0.0777. The number of hydrogen-bond acceptors (Lipinski definition) is 6. The zero-order valence-electron chi connectivity index (χ0n) is 15.9. The summed E-state index contributed by atoms with van der Waals surface area (Å²) in [5, 5.41) is 4.51. The van der Waals surface area contributed by atoms with E-state index in [1.54, 1.807) is 18.9 Å². The van der Waals surface area contributed by atoms with Crippen LogP contribution in [0.15, 0.2) is 31.0 Å². The van der Waals surface area contributed by atoms with Crippen molar-refractivity contribution >= 4 is 11.7 Å². The van der Waals surface area contributed by atoms with Crippen LogP contribution in [-0.2, 0) is 0 Å². The molecule has 2 fully saturated rings. The van der Waals surface area contributed by atoms with Crippen molar-refractivity contribution in [2.45, 2.75) is 13.8 Å². The Bertz CT molecular complexity index is 997. The summed E-state index contributed by atoms with van der Waals surface area (Å²) in [6.07, 6.45) is 4.73. The third-order valence-electron chi connectivity index (χ3n) is 5.69. The van der Waals surface area contributed by atoms with E-state index in [1.165, 1.54) is 0 Å². The first-order valence-electron chi connectivity index (χ1n) is 9.47. The maximum absolute atomic E-state index is 12.5. The molecule has 9 nitrogen and oxygen atoms in total. The Kier molecular flexibility index (Phi) is 3.88. The number of rotatable bonds is 3. The third kappa shape index (κ3) is 2.83. The van der Waals surface area contributed by atoms with E-state index in [9.17, 15) is 4.79 Å². The van der Waals surface area contributed by atoms with Gasteiger partial charge in [0.25, 0.3) is 5.91 Å². The summed E-state index contributed by atoms with van der Waals surface area (Å²) in [4.78, 5) is 32.5. The van der Waals surface area contributed by atoms with Crippen molar-refractivity contribution in [1.82, 2.24) is 34.6 Å². The van der Waals surface area contributed by atoms with Crippen LogP contribution in [0.1, 0.15) is 21.9 Å². The van der Waals surface area contributed by atoms with Crippen LogP contribution in [0.5, 0.6) is 0 Å². The number of nitrogens with one attached hydrogen (secondary N) is 1. The number of imidazole rings is 1. The molecule has 2 aliphatic heterocycles. The minimum atomic E-state index is 0.0345. The lowest BCUT2D eigenvalue weighted by atomic mass is 10.0. The second-order valence-electron chi connectivity index (χ2n) is 7.67. The van der Waals surface area contributed by atoms with Gasteiger partial charge in [0.1, 0.15) is 17.8 Å².